The molecule has 1 atom stereocenters. The molecule has 0 aliphatic heterocycles. The van der Waals surface area contributed by atoms with Crippen LogP contribution < -0.4 is 0 Å². The Bertz CT molecular complexity index is 735. The molecule has 0 aliphatic carbocycles. The van der Waals surface area contributed by atoms with Gasteiger partial charge in [0.05, 0.1) is 6.61 Å². The third kappa shape index (κ3) is 41.3. The SMILES string of the molecule is CCCCCCC/C=C/CCCCCCCC(=O)OC[C@H](CO)OC(=O)CCCCCCCCCCCCCCCCCCCCCCCCC. The summed E-state index contributed by atoms with van der Waals surface area (Å²) in [5.41, 5.74) is 0. The molecule has 0 heterocycles. The zero-order valence-electron chi connectivity index (χ0n) is 34.4. The fourth-order valence-corrected chi connectivity index (χ4v) is 6.85. The Balaban J connectivity index is 3.45. The lowest BCUT2D eigenvalue weighted by molar-refractivity contribution is -0.161. The van der Waals surface area contributed by atoms with Crippen LogP contribution in [0, 0.1) is 0 Å². The van der Waals surface area contributed by atoms with E-state index in [1.165, 1.54) is 180 Å². The van der Waals surface area contributed by atoms with Crippen molar-refractivity contribution in [3.8, 4) is 0 Å². The number of esters is 2. The van der Waals surface area contributed by atoms with Gasteiger partial charge in [0.15, 0.2) is 6.10 Å². The van der Waals surface area contributed by atoms with Crippen LogP contribution in [0.4, 0.5) is 0 Å². The Labute approximate surface area is 318 Å². The number of carbonyl (C=O) groups is 2. The lowest BCUT2D eigenvalue weighted by Crippen LogP contribution is -2.28. The predicted octanol–water partition coefficient (Wildman–Crippen LogP) is 14.5. The van der Waals surface area contributed by atoms with Crippen molar-refractivity contribution in [3.05, 3.63) is 12.2 Å². The number of rotatable bonds is 42. The van der Waals surface area contributed by atoms with Crippen molar-refractivity contribution >= 4 is 11.9 Å². The van der Waals surface area contributed by atoms with Gasteiger partial charge in [-0.2, -0.15) is 0 Å². The minimum Gasteiger partial charge on any atom is -0.462 e. The van der Waals surface area contributed by atoms with Crippen molar-refractivity contribution in [3.63, 3.8) is 0 Å². The normalized spacial score (nSPS) is 12.1. The van der Waals surface area contributed by atoms with Gasteiger partial charge in [0.25, 0.3) is 0 Å². The molecule has 51 heavy (non-hydrogen) atoms. The van der Waals surface area contributed by atoms with Crippen molar-refractivity contribution < 1.29 is 24.2 Å². The van der Waals surface area contributed by atoms with E-state index in [4.69, 9.17) is 9.47 Å². The van der Waals surface area contributed by atoms with Gasteiger partial charge in [0.1, 0.15) is 6.61 Å². The summed E-state index contributed by atoms with van der Waals surface area (Å²) in [7, 11) is 0. The van der Waals surface area contributed by atoms with Crippen LogP contribution in [-0.4, -0.2) is 36.4 Å². The fraction of sp³-hybridized carbons (Fsp3) is 0.913. The standard InChI is InChI=1S/C46H88O5/c1-3-5-7-9-11-13-15-17-19-20-21-22-23-24-25-26-27-29-31-33-35-37-39-41-46(49)51-44(42-47)43-50-45(48)40-38-36-34-32-30-28-18-16-14-12-10-8-6-4-2/h16,18,44,47H,3-15,17,19-43H2,1-2H3/b18-16+/t44-/m0/s1. The molecule has 5 heteroatoms. The van der Waals surface area contributed by atoms with Crippen LogP contribution in [0.5, 0.6) is 0 Å². The van der Waals surface area contributed by atoms with Gasteiger partial charge in [0.2, 0.25) is 0 Å². The molecule has 5 nitrogen and oxygen atoms in total. The second-order valence-electron chi connectivity index (χ2n) is 15.5. The highest BCUT2D eigenvalue weighted by molar-refractivity contribution is 5.70. The van der Waals surface area contributed by atoms with E-state index in [0.29, 0.717) is 12.8 Å². The van der Waals surface area contributed by atoms with Crippen LogP contribution in [0.3, 0.4) is 0 Å². The number of ether oxygens (including phenoxy) is 2. The Kier molecular flexibility index (Phi) is 41.9. The Morgan fingerprint density at radius 1 is 0.431 bits per heavy atom. The first-order valence-electron chi connectivity index (χ1n) is 22.7. The third-order valence-electron chi connectivity index (χ3n) is 10.3. The summed E-state index contributed by atoms with van der Waals surface area (Å²) in [6.07, 6.45) is 50.1. The molecule has 0 aromatic heterocycles. The molecule has 0 aliphatic rings. The largest absolute Gasteiger partial charge is 0.462 e. The van der Waals surface area contributed by atoms with Gasteiger partial charge >= 0.3 is 11.9 Å². The van der Waals surface area contributed by atoms with E-state index >= 15 is 0 Å². The van der Waals surface area contributed by atoms with E-state index in [9.17, 15) is 14.7 Å². The molecule has 0 aromatic carbocycles. The molecule has 1 N–H and O–H groups in total. The topological polar surface area (TPSA) is 72.8 Å². The van der Waals surface area contributed by atoms with Crippen LogP contribution in [0.2, 0.25) is 0 Å². The van der Waals surface area contributed by atoms with Crippen molar-refractivity contribution in [2.24, 2.45) is 0 Å². The summed E-state index contributed by atoms with van der Waals surface area (Å²) in [4.78, 5) is 24.3. The van der Waals surface area contributed by atoms with Crippen LogP contribution in [0.15, 0.2) is 12.2 Å². The third-order valence-corrected chi connectivity index (χ3v) is 10.3. The quantitative estimate of drug-likeness (QED) is 0.0386. The summed E-state index contributed by atoms with van der Waals surface area (Å²) in [5, 5.41) is 9.58. The predicted molar refractivity (Wildman–Crippen MR) is 219 cm³/mol. The van der Waals surface area contributed by atoms with Crippen molar-refractivity contribution in [2.75, 3.05) is 13.2 Å². The highest BCUT2D eigenvalue weighted by atomic mass is 16.6. The molecular formula is C46H88O5. The molecule has 0 bridgehead atoms. The zero-order valence-corrected chi connectivity index (χ0v) is 34.4. The van der Waals surface area contributed by atoms with E-state index in [-0.39, 0.29) is 25.2 Å². The summed E-state index contributed by atoms with van der Waals surface area (Å²) in [6.45, 7) is 4.15. The van der Waals surface area contributed by atoms with Crippen molar-refractivity contribution in [1.82, 2.24) is 0 Å². The highest BCUT2D eigenvalue weighted by Crippen LogP contribution is 2.16. The second kappa shape index (κ2) is 43.0. The molecule has 0 saturated carbocycles. The van der Waals surface area contributed by atoms with Crippen molar-refractivity contribution in [2.45, 2.75) is 258 Å². The zero-order chi connectivity index (χ0) is 37.1. The molecule has 0 rings (SSSR count). The first kappa shape index (κ1) is 49.6. The lowest BCUT2D eigenvalue weighted by Gasteiger charge is -2.15. The summed E-state index contributed by atoms with van der Waals surface area (Å²) >= 11 is 0. The summed E-state index contributed by atoms with van der Waals surface area (Å²) < 4.78 is 10.6. The van der Waals surface area contributed by atoms with E-state index < -0.39 is 6.10 Å². The number of aliphatic hydroxyl groups is 1. The number of allylic oxidation sites excluding steroid dienone is 2. The van der Waals surface area contributed by atoms with Gasteiger partial charge in [0, 0.05) is 12.8 Å². The number of hydrogen-bond donors (Lipinski definition) is 1. The smallest absolute Gasteiger partial charge is 0.306 e. The number of unbranched alkanes of at least 4 members (excludes halogenated alkanes) is 32. The lowest BCUT2D eigenvalue weighted by atomic mass is 10.0. The van der Waals surface area contributed by atoms with Gasteiger partial charge in [-0.1, -0.05) is 212 Å². The first-order valence-corrected chi connectivity index (χ1v) is 22.7. The second-order valence-corrected chi connectivity index (χ2v) is 15.5. The Morgan fingerprint density at radius 2 is 0.725 bits per heavy atom. The van der Waals surface area contributed by atoms with E-state index in [0.717, 1.165) is 44.9 Å². The average Bonchev–Trinajstić information content (AvgIpc) is 3.13. The monoisotopic (exact) mass is 721 g/mol. The van der Waals surface area contributed by atoms with Gasteiger partial charge in [-0.05, 0) is 38.5 Å². The molecule has 302 valence electrons. The van der Waals surface area contributed by atoms with Gasteiger partial charge < -0.3 is 14.6 Å². The molecule has 0 fully saturated rings. The fourth-order valence-electron chi connectivity index (χ4n) is 6.85. The molecule has 0 spiro atoms. The molecule has 0 radical (unpaired) electrons. The summed E-state index contributed by atoms with van der Waals surface area (Å²) in [5.74, 6) is -0.586. The summed E-state index contributed by atoms with van der Waals surface area (Å²) in [6, 6.07) is 0. The number of hydrogen-bond acceptors (Lipinski definition) is 5. The van der Waals surface area contributed by atoms with E-state index in [1.54, 1.807) is 0 Å². The van der Waals surface area contributed by atoms with Crippen LogP contribution in [0.1, 0.15) is 251 Å². The molecule has 0 unspecified atom stereocenters. The molecular weight excluding hydrogens is 633 g/mol. The maximum atomic E-state index is 12.2. The van der Waals surface area contributed by atoms with Crippen LogP contribution >= 0.6 is 0 Å². The maximum Gasteiger partial charge on any atom is 0.306 e. The average molecular weight is 721 g/mol. The molecule has 0 amide bonds. The van der Waals surface area contributed by atoms with Crippen LogP contribution in [-0.2, 0) is 19.1 Å². The van der Waals surface area contributed by atoms with Gasteiger partial charge in [-0.3, -0.25) is 9.59 Å². The van der Waals surface area contributed by atoms with Gasteiger partial charge in [-0.15, -0.1) is 0 Å². The maximum absolute atomic E-state index is 12.2. The van der Waals surface area contributed by atoms with E-state index in [1.807, 2.05) is 0 Å². The minimum atomic E-state index is -0.768. The van der Waals surface area contributed by atoms with E-state index in [2.05, 4.69) is 26.0 Å². The van der Waals surface area contributed by atoms with Gasteiger partial charge in [-0.25, -0.2) is 0 Å². The molecule has 0 aromatic rings. The Morgan fingerprint density at radius 3 is 1.06 bits per heavy atom. The number of carbonyl (C=O) groups excluding carboxylic acids is 2. The minimum absolute atomic E-state index is 0.0641. The highest BCUT2D eigenvalue weighted by Gasteiger charge is 2.16. The van der Waals surface area contributed by atoms with Crippen LogP contribution in [0.25, 0.3) is 0 Å². The first-order chi connectivity index (χ1) is 25.1. The van der Waals surface area contributed by atoms with Crippen molar-refractivity contribution in [1.29, 1.82) is 0 Å². The number of aliphatic hydroxyl groups excluding tert-OH is 1. The molecule has 0 saturated heterocycles. The Hall–Kier alpha value is -1.36.